The quantitative estimate of drug-likeness (QED) is 0.938. The SMILES string of the molecule is Cc1ccc(F)cc1S(=O)(=O)NCc1ccsc1. The highest BCUT2D eigenvalue weighted by Gasteiger charge is 2.17. The number of hydrogen-bond donors (Lipinski definition) is 1. The molecule has 0 aliphatic rings. The second-order valence-electron chi connectivity index (χ2n) is 3.87. The van der Waals surface area contributed by atoms with Crippen LogP contribution in [0.5, 0.6) is 0 Å². The van der Waals surface area contributed by atoms with E-state index in [0.29, 0.717) is 5.56 Å². The zero-order chi connectivity index (χ0) is 13.2. The van der Waals surface area contributed by atoms with Crippen molar-refractivity contribution in [2.24, 2.45) is 0 Å². The van der Waals surface area contributed by atoms with Gasteiger partial charge >= 0.3 is 0 Å². The summed E-state index contributed by atoms with van der Waals surface area (Å²) in [6.07, 6.45) is 0. The van der Waals surface area contributed by atoms with Crippen molar-refractivity contribution in [3.63, 3.8) is 0 Å². The van der Waals surface area contributed by atoms with Crippen LogP contribution < -0.4 is 4.72 Å². The van der Waals surface area contributed by atoms with Gasteiger partial charge in [-0.05, 0) is 47.0 Å². The molecule has 0 unspecified atom stereocenters. The molecule has 1 heterocycles. The third-order valence-electron chi connectivity index (χ3n) is 2.49. The Balaban J connectivity index is 2.22. The van der Waals surface area contributed by atoms with E-state index < -0.39 is 15.8 Å². The second-order valence-corrected chi connectivity index (χ2v) is 6.38. The number of benzene rings is 1. The first-order valence-corrected chi connectivity index (χ1v) is 7.68. The Labute approximate surface area is 109 Å². The second kappa shape index (κ2) is 5.17. The summed E-state index contributed by atoms with van der Waals surface area (Å²) in [6.45, 7) is 1.85. The van der Waals surface area contributed by atoms with E-state index in [2.05, 4.69) is 4.72 Å². The summed E-state index contributed by atoms with van der Waals surface area (Å²) < 4.78 is 39.6. The van der Waals surface area contributed by atoms with Gasteiger partial charge in [0.2, 0.25) is 10.0 Å². The number of aryl methyl sites for hydroxylation is 1. The van der Waals surface area contributed by atoms with Gasteiger partial charge in [-0.1, -0.05) is 6.07 Å². The molecular formula is C12H12FNO2S2. The lowest BCUT2D eigenvalue weighted by atomic mass is 10.2. The van der Waals surface area contributed by atoms with Crippen LogP contribution in [-0.2, 0) is 16.6 Å². The van der Waals surface area contributed by atoms with E-state index in [4.69, 9.17) is 0 Å². The van der Waals surface area contributed by atoms with Crippen molar-refractivity contribution < 1.29 is 12.8 Å². The van der Waals surface area contributed by atoms with Crippen LogP contribution in [-0.4, -0.2) is 8.42 Å². The van der Waals surface area contributed by atoms with Gasteiger partial charge in [-0.2, -0.15) is 11.3 Å². The molecule has 2 rings (SSSR count). The molecule has 0 bridgehead atoms. The minimum atomic E-state index is -3.67. The summed E-state index contributed by atoms with van der Waals surface area (Å²) in [5.74, 6) is -0.559. The third kappa shape index (κ3) is 2.95. The van der Waals surface area contributed by atoms with Gasteiger partial charge in [-0.15, -0.1) is 0 Å². The monoisotopic (exact) mass is 285 g/mol. The molecular weight excluding hydrogens is 273 g/mol. The molecule has 0 atom stereocenters. The van der Waals surface area contributed by atoms with Crippen molar-refractivity contribution >= 4 is 21.4 Å². The van der Waals surface area contributed by atoms with E-state index in [9.17, 15) is 12.8 Å². The minimum Gasteiger partial charge on any atom is -0.207 e. The molecule has 1 aromatic heterocycles. The highest BCUT2D eigenvalue weighted by Crippen LogP contribution is 2.17. The number of rotatable bonds is 4. The Kier molecular flexibility index (Phi) is 3.79. The van der Waals surface area contributed by atoms with E-state index in [1.54, 1.807) is 6.92 Å². The van der Waals surface area contributed by atoms with Crippen LogP contribution in [0.3, 0.4) is 0 Å². The lowest BCUT2D eigenvalue weighted by Crippen LogP contribution is -2.23. The van der Waals surface area contributed by atoms with E-state index in [-0.39, 0.29) is 11.4 Å². The molecule has 96 valence electrons. The molecule has 0 aliphatic heterocycles. The Morgan fingerprint density at radius 3 is 2.78 bits per heavy atom. The van der Waals surface area contributed by atoms with Crippen molar-refractivity contribution in [1.29, 1.82) is 0 Å². The van der Waals surface area contributed by atoms with E-state index in [0.717, 1.165) is 11.6 Å². The maximum Gasteiger partial charge on any atom is 0.241 e. The number of thiophene rings is 1. The van der Waals surface area contributed by atoms with Crippen LogP contribution in [0.2, 0.25) is 0 Å². The summed E-state index contributed by atoms with van der Waals surface area (Å²) in [5.41, 5.74) is 1.41. The molecule has 0 spiro atoms. The summed E-state index contributed by atoms with van der Waals surface area (Å²) in [4.78, 5) is -0.0160. The van der Waals surface area contributed by atoms with Gasteiger partial charge in [0.1, 0.15) is 5.82 Å². The highest BCUT2D eigenvalue weighted by molar-refractivity contribution is 7.89. The fourth-order valence-corrected chi connectivity index (χ4v) is 3.45. The van der Waals surface area contributed by atoms with E-state index in [1.165, 1.54) is 23.5 Å². The highest BCUT2D eigenvalue weighted by atomic mass is 32.2. The standard InChI is InChI=1S/C12H12FNO2S2/c1-9-2-3-11(13)6-12(9)18(15,16)14-7-10-4-5-17-8-10/h2-6,8,14H,7H2,1H3. The zero-order valence-electron chi connectivity index (χ0n) is 9.68. The number of halogens is 1. The van der Waals surface area contributed by atoms with Gasteiger partial charge < -0.3 is 0 Å². The van der Waals surface area contributed by atoms with Crippen LogP contribution in [0.15, 0.2) is 39.9 Å². The van der Waals surface area contributed by atoms with Crippen molar-refractivity contribution in [3.8, 4) is 0 Å². The Morgan fingerprint density at radius 1 is 1.33 bits per heavy atom. The normalized spacial score (nSPS) is 11.7. The summed E-state index contributed by atoms with van der Waals surface area (Å²) >= 11 is 1.50. The van der Waals surface area contributed by atoms with Gasteiger partial charge in [-0.3, -0.25) is 0 Å². The average Bonchev–Trinajstić information content (AvgIpc) is 2.83. The fraction of sp³-hybridized carbons (Fsp3) is 0.167. The van der Waals surface area contributed by atoms with Gasteiger partial charge in [0.25, 0.3) is 0 Å². The first kappa shape index (κ1) is 13.2. The van der Waals surface area contributed by atoms with Gasteiger partial charge in [0, 0.05) is 6.54 Å². The fourth-order valence-electron chi connectivity index (χ4n) is 1.51. The summed E-state index contributed by atoms with van der Waals surface area (Å²) in [6, 6.07) is 5.57. The van der Waals surface area contributed by atoms with Crippen molar-refractivity contribution in [2.45, 2.75) is 18.4 Å². The molecule has 0 radical (unpaired) electrons. The molecule has 1 aromatic carbocycles. The van der Waals surface area contributed by atoms with E-state index >= 15 is 0 Å². The number of nitrogens with one attached hydrogen (secondary N) is 1. The first-order valence-electron chi connectivity index (χ1n) is 5.26. The smallest absolute Gasteiger partial charge is 0.207 e. The summed E-state index contributed by atoms with van der Waals surface area (Å²) in [5, 5.41) is 3.73. The molecule has 1 N–H and O–H groups in total. The molecule has 0 saturated heterocycles. The van der Waals surface area contributed by atoms with Crippen molar-refractivity contribution in [1.82, 2.24) is 4.72 Å². The molecule has 6 heteroatoms. The molecule has 2 aromatic rings. The average molecular weight is 285 g/mol. The Hall–Kier alpha value is -1.24. The van der Waals surface area contributed by atoms with E-state index in [1.807, 2.05) is 16.8 Å². The molecule has 0 fully saturated rings. The molecule has 0 amide bonds. The minimum absolute atomic E-state index is 0.0160. The largest absolute Gasteiger partial charge is 0.241 e. The van der Waals surface area contributed by atoms with Gasteiger partial charge in [0.05, 0.1) is 4.90 Å². The van der Waals surface area contributed by atoms with Crippen LogP contribution in [0.1, 0.15) is 11.1 Å². The van der Waals surface area contributed by atoms with Crippen LogP contribution in [0.4, 0.5) is 4.39 Å². The Morgan fingerprint density at radius 2 is 2.11 bits per heavy atom. The van der Waals surface area contributed by atoms with Gasteiger partial charge in [-0.25, -0.2) is 17.5 Å². The maximum absolute atomic E-state index is 13.1. The lowest BCUT2D eigenvalue weighted by Gasteiger charge is -2.08. The van der Waals surface area contributed by atoms with Crippen molar-refractivity contribution in [3.05, 3.63) is 52.0 Å². The zero-order valence-corrected chi connectivity index (χ0v) is 11.3. The molecule has 3 nitrogen and oxygen atoms in total. The number of sulfonamides is 1. The molecule has 18 heavy (non-hydrogen) atoms. The predicted octanol–water partition coefficient (Wildman–Crippen LogP) is 2.67. The van der Waals surface area contributed by atoms with Crippen molar-refractivity contribution in [2.75, 3.05) is 0 Å². The lowest BCUT2D eigenvalue weighted by molar-refractivity contribution is 0.576. The van der Waals surface area contributed by atoms with Crippen LogP contribution in [0.25, 0.3) is 0 Å². The topological polar surface area (TPSA) is 46.2 Å². The molecule has 0 saturated carbocycles. The Bertz CT molecular complexity index is 636. The maximum atomic E-state index is 13.1. The molecule has 0 aliphatic carbocycles. The predicted molar refractivity (Wildman–Crippen MR) is 69.5 cm³/mol. The first-order chi connectivity index (χ1) is 8.49. The van der Waals surface area contributed by atoms with Crippen LogP contribution in [0, 0.1) is 12.7 Å². The summed E-state index contributed by atoms with van der Waals surface area (Å²) in [7, 11) is -3.67. The van der Waals surface area contributed by atoms with Crippen LogP contribution >= 0.6 is 11.3 Å². The van der Waals surface area contributed by atoms with Gasteiger partial charge in [0.15, 0.2) is 0 Å². The number of hydrogen-bond acceptors (Lipinski definition) is 3. The third-order valence-corrected chi connectivity index (χ3v) is 4.76.